The maximum absolute atomic E-state index is 3.69. The summed E-state index contributed by atoms with van der Waals surface area (Å²) in [6, 6.07) is 9.13. The third-order valence-electron chi connectivity index (χ3n) is 3.25. The van der Waals surface area contributed by atoms with E-state index in [1.807, 2.05) is 0 Å². The van der Waals surface area contributed by atoms with E-state index in [1.54, 1.807) is 0 Å². The zero-order chi connectivity index (χ0) is 12.9. The summed E-state index contributed by atoms with van der Waals surface area (Å²) in [4.78, 5) is 0.691. The lowest BCUT2D eigenvalue weighted by Crippen LogP contribution is -2.10. The first kappa shape index (κ1) is 14.8. The standard InChI is InChI=1S/C16H25Br/c1-5-15(17)8-6-7-13-9-11-14(12-10-13)16(2,3)4/h9-12,15H,5-8H2,1-4H3. The van der Waals surface area contributed by atoms with Gasteiger partial charge in [-0.1, -0.05) is 67.9 Å². The Kier molecular flexibility index (Phi) is 5.72. The van der Waals surface area contributed by atoms with E-state index >= 15 is 0 Å². The molecule has 17 heavy (non-hydrogen) atoms. The van der Waals surface area contributed by atoms with Crippen LogP contribution in [0.15, 0.2) is 24.3 Å². The van der Waals surface area contributed by atoms with Crippen LogP contribution < -0.4 is 0 Å². The van der Waals surface area contributed by atoms with E-state index in [2.05, 4.69) is 67.9 Å². The van der Waals surface area contributed by atoms with Crippen LogP contribution in [-0.4, -0.2) is 4.83 Å². The highest BCUT2D eigenvalue weighted by Crippen LogP contribution is 2.23. The van der Waals surface area contributed by atoms with Crippen molar-refractivity contribution in [3.8, 4) is 0 Å². The van der Waals surface area contributed by atoms with Crippen molar-refractivity contribution in [1.82, 2.24) is 0 Å². The molecular weight excluding hydrogens is 272 g/mol. The first-order chi connectivity index (χ1) is 7.93. The number of hydrogen-bond acceptors (Lipinski definition) is 0. The second-order valence-corrected chi connectivity index (χ2v) is 7.14. The predicted molar refractivity (Wildman–Crippen MR) is 81.1 cm³/mol. The Balaban J connectivity index is 2.46. The van der Waals surface area contributed by atoms with Gasteiger partial charge in [-0.25, -0.2) is 0 Å². The van der Waals surface area contributed by atoms with Crippen LogP contribution >= 0.6 is 15.9 Å². The van der Waals surface area contributed by atoms with Crippen molar-refractivity contribution in [3.05, 3.63) is 35.4 Å². The number of hydrogen-bond donors (Lipinski definition) is 0. The average Bonchev–Trinajstić information content (AvgIpc) is 2.28. The minimum atomic E-state index is 0.266. The number of rotatable bonds is 5. The first-order valence-corrected chi connectivity index (χ1v) is 7.58. The molecule has 0 fully saturated rings. The van der Waals surface area contributed by atoms with E-state index in [-0.39, 0.29) is 5.41 Å². The maximum atomic E-state index is 3.69. The molecule has 1 aromatic rings. The van der Waals surface area contributed by atoms with Crippen molar-refractivity contribution >= 4 is 15.9 Å². The van der Waals surface area contributed by atoms with Gasteiger partial charge in [0.15, 0.2) is 0 Å². The van der Waals surface area contributed by atoms with Gasteiger partial charge in [-0.3, -0.25) is 0 Å². The van der Waals surface area contributed by atoms with Crippen LogP contribution in [0.1, 0.15) is 58.1 Å². The van der Waals surface area contributed by atoms with Crippen LogP contribution in [-0.2, 0) is 11.8 Å². The quantitative estimate of drug-likeness (QED) is 0.631. The summed E-state index contributed by atoms with van der Waals surface area (Å²) in [7, 11) is 0. The summed E-state index contributed by atoms with van der Waals surface area (Å²) in [6.07, 6.45) is 4.98. The summed E-state index contributed by atoms with van der Waals surface area (Å²) >= 11 is 3.69. The van der Waals surface area contributed by atoms with Gasteiger partial charge in [0.2, 0.25) is 0 Å². The molecule has 1 atom stereocenters. The number of benzene rings is 1. The minimum absolute atomic E-state index is 0.266. The van der Waals surface area contributed by atoms with Gasteiger partial charge in [0.1, 0.15) is 0 Å². The van der Waals surface area contributed by atoms with Crippen LogP contribution in [0.3, 0.4) is 0 Å². The zero-order valence-electron chi connectivity index (χ0n) is 11.6. The molecule has 0 saturated carbocycles. The Morgan fingerprint density at radius 2 is 1.71 bits per heavy atom. The molecule has 0 aromatic heterocycles. The molecule has 0 heterocycles. The van der Waals surface area contributed by atoms with E-state index in [4.69, 9.17) is 0 Å². The van der Waals surface area contributed by atoms with E-state index in [0.29, 0.717) is 4.83 Å². The van der Waals surface area contributed by atoms with Gasteiger partial charge in [0, 0.05) is 4.83 Å². The molecule has 0 N–H and O–H groups in total. The Labute approximate surface area is 115 Å². The van der Waals surface area contributed by atoms with Gasteiger partial charge < -0.3 is 0 Å². The highest BCUT2D eigenvalue weighted by molar-refractivity contribution is 9.09. The van der Waals surface area contributed by atoms with Crippen molar-refractivity contribution in [2.75, 3.05) is 0 Å². The zero-order valence-corrected chi connectivity index (χ0v) is 13.2. The third-order valence-corrected chi connectivity index (χ3v) is 4.35. The molecule has 1 unspecified atom stereocenters. The largest absolute Gasteiger partial charge is 0.0891 e. The normalized spacial score (nSPS) is 13.7. The molecular formula is C16H25Br. The Hall–Kier alpha value is -0.300. The number of halogens is 1. The second kappa shape index (κ2) is 6.58. The van der Waals surface area contributed by atoms with Crippen LogP contribution in [0.4, 0.5) is 0 Å². The number of alkyl halides is 1. The fourth-order valence-electron chi connectivity index (χ4n) is 1.90. The molecule has 1 rings (SSSR count). The van der Waals surface area contributed by atoms with Crippen LogP contribution in [0.2, 0.25) is 0 Å². The molecule has 0 nitrogen and oxygen atoms in total. The fourth-order valence-corrected chi connectivity index (χ4v) is 2.23. The van der Waals surface area contributed by atoms with Gasteiger partial charge in [0.25, 0.3) is 0 Å². The second-order valence-electron chi connectivity index (χ2n) is 5.84. The van der Waals surface area contributed by atoms with Crippen molar-refractivity contribution < 1.29 is 0 Å². The third kappa shape index (κ3) is 5.25. The highest BCUT2D eigenvalue weighted by Gasteiger charge is 2.12. The van der Waals surface area contributed by atoms with Crippen molar-refractivity contribution in [2.24, 2.45) is 0 Å². The fraction of sp³-hybridized carbons (Fsp3) is 0.625. The molecule has 0 spiro atoms. The van der Waals surface area contributed by atoms with Gasteiger partial charge in [-0.15, -0.1) is 0 Å². The minimum Gasteiger partial charge on any atom is -0.0891 e. The Morgan fingerprint density at radius 1 is 1.12 bits per heavy atom. The van der Waals surface area contributed by atoms with Gasteiger partial charge >= 0.3 is 0 Å². The predicted octanol–water partition coefficient (Wildman–Crippen LogP) is 5.48. The van der Waals surface area contributed by atoms with E-state index in [1.165, 1.54) is 36.8 Å². The molecule has 0 aliphatic rings. The lowest BCUT2D eigenvalue weighted by Gasteiger charge is -2.19. The van der Waals surface area contributed by atoms with Crippen molar-refractivity contribution in [1.29, 1.82) is 0 Å². The molecule has 96 valence electrons. The summed E-state index contributed by atoms with van der Waals surface area (Å²) < 4.78 is 0. The number of aryl methyl sites for hydroxylation is 1. The molecule has 0 aliphatic carbocycles. The van der Waals surface area contributed by atoms with E-state index in [9.17, 15) is 0 Å². The molecule has 0 amide bonds. The summed E-state index contributed by atoms with van der Waals surface area (Å²) in [5.41, 5.74) is 3.16. The smallest absolute Gasteiger partial charge is 0.0143 e. The van der Waals surface area contributed by atoms with Gasteiger partial charge in [-0.05, 0) is 42.2 Å². The summed E-state index contributed by atoms with van der Waals surface area (Å²) in [6.45, 7) is 9.02. The average molecular weight is 297 g/mol. The monoisotopic (exact) mass is 296 g/mol. The first-order valence-electron chi connectivity index (χ1n) is 6.67. The Bertz CT molecular complexity index is 318. The molecule has 1 heteroatoms. The van der Waals surface area contributed by atoms with Gasteiger partial charge in [-0.2, -0.15) is 0 Å². The van der Waals surface area contributed by atoms with E-state index < -0.39 is 0 Å². The van der Waals surface area contributed by atoms with Gasteiger partial charge in [0.05, 0.1) is 0 Å². The lowest BCUT2D eigenvalue weighted by atomic mass is 9.86. The van der Waals surface area contributed by atoms with Crippen LogP contribution in [0.25, 0.3) is 0 Å². The topological polar surface area (TPSA) is 0 Å². The molecule has 0 aliphatic heterocycles. The van der Waals surface area contributed by atoms with Crippen LogP contribution in [0, 0.1) is 0 Å². The molecule has 0 radical (unpaired) electrons. The van der Waals surface area contributed by atoms with Crippen molar-refractivity contribution in [2.45, 2.75) is 63.6 Å². The lowest BCUT2D eigenvalue weighted by molar-refractivity contribution is 0.589. The maximum Gasteiger partial charge on any atom is 0.0143 e. The highest BCUT2D eigenvalue weighted by atomic mass is 79.9. The molecule has 0 bridgehead atoms. The van der Waals surface area contributed by atoms with Crippen LogP contribution in [0.5, 0.6) is 0 Å². The van der Waals surface area contributed by atoms with E-state index in [0.717, 1.165) is 0 Å². The molecule has 0 saturated heterocycles. The summed E-state index contributed by atoms with van der Waals surface area (Å²) in [5, 5.41) is 0. The SMILES string of the molecule is CCC(Br)CCCc1ccc(C(C)(C)C)cc1. The Morgan fingerprint density at radius 3 is 2.18 bits per heavy atom. The molecule has 1 aromatic carbocycles. The van der Waals surface area contributed by atoms with Crippen molar-refractivity contribution in [3.63, 3.8) is 0 Å². The summed E-state index contributed by atoms with van der Waals surface area (Å²) in [5.74, 6) is 0.